The van der Waals surface area contributed by atoms with E-state index >= 15 is 0 Å². The maximum absolute atomic E-state index is 8.64. The van der Waals surface area contributed by atoms with Gasteiger partial charge in [-0.2, -0.15) is 6.42 Å². The van der Waals surface area contributed by atoms with Crippen molar-refractivity contribution in [2.75, 3.05) is 6.61 Å². The second-order valence-corrected chi connectivity index (χ2v) is 10.4. The molecule has 0 atom stereocenters. The molecule has 0 fully saturated rings. The van der Waals surface area contributed by atoms with Crippen molar-refractivity contribution in [3.05, 3.63) is 6.92 Å². The van der Waals surface area contributed by atoms with Crippen LogP contribution in [0.5, 0.6) is 0 Å². The SMILES string of the molecule is CCCCCCCCCCCCCCCCO.[CH2-]CCCCCCCCCCCCCCC.[K+]. The van der Waals surface area contributed by atoms with E-state index in [1.807, 2.05) is 0 Å². The summed E-state index contributed by atoms with van der Waals surface area (Å²) in [6, 6.07) is 0. The van der Waals surface area contributed by atoms with Crippen molar-refractivity contribution in [2.24, 2.45) is 0 Å². The molecule has 0 bridgehead atoms. The van der Waals surface area contributed by atoms with Crippen LogP contribution in [0.25, 0.3) is 0 Å². The summed E-state index contributed by atoms with van der Waals surface area (Å²) in [7, 11) is 0. The van der Waals surface area contributed by atoms with E-state index in [0.29, 0.717) is 6.61 Å². The second-order valence-electron chi connectivity index (χ2n) is 10.4. The third-order valence-electron chi connectivity index (χ3n) is 6.87. The quantitative estimate of drug-likeness (QED) is 0.0670. The second kappa shape index (κ2) is 41.7. The zero-order valence-corrected chi connectivity index (χ0v) is 27.8. The molecule has 0 saturated carbocycles. The molecule has 0 amide bonds. The summed E-state index contributed by atoms with van der Waals surface area (Å²) in [5.74, 6) is 0. The average molecular weight is 507 g/mol. The van der Waals surface area contributed by atoms with Crippen LogP contribution in [0.2, 0.25) is 0 Å². The Labute approximate surface area is 261 Å². The van der Waals surface area contributed by atoms with Crippen LogP contribution in [-0.2, 0) is 0 Å². The van der Waals surface area contributed by atoms with Crippen LogP contribution in [-0.4, -0.2) is 11.7 Å². The van der Waals surface area contributed by atoms with E-state index in [2.05, 4.69) is 20.8 Å². The normalized spacial score (nSPS) is 10.6. The molecule has 0 aliphatic rings. The average Bonchev–Trinajstić information content (AvgIpc) is 2.83. The van der Waals surface area contributed by atoms with Crippen molar-refractivity contribution in [1.82, 2.24) is 0 Å². The van der Waals surface area contributed by atoms with Gasteiger partial charge in [-0.3, -0.25) is 0 Å². The molecule has 0 aliphatic heterocycles. The van der Waals surface area contributed by atoms with Gasteiger partial charge in [0.2, 0.25) is 0 Å². The van der Waals surface area contributed by atoms with Crippen molar-refractivity contribution < 1.29 is 56.5 Å². The predicted molar refractivity (Wildman–Crippen MR) is 153 cm³/mol. The summed E-state index contributed by atoms with van der Waals surface area (Å²) in [6.45, 7) is 8.81. The van der Waals surface area contributed by atoms with Crippen LogP contribution in [0.3, 0.4) is 0 Å². The molecule has 0 rings (SSSR count). The van der Waals surface area contributed by atoms with Crippen molar-refractivity contribution >= 4 is 0 Å². The third-order valence-corrected chi connectivity index (χ3v) is 6.87. The van der Waals surface area contributed by atoms with Gasteiger partial charge in [-0.05, 0) is 6.42 Å². The number of aliphatic hydroxyl groups is 1. The van der Waals surface area contributed by atoms with E-state index in [-0.39, 0.29) is 51.4 Å². The van der Waals surface area contributed by atoms with Crippen molar-refractivity contribution in [3.8, 4) is 0 Å². The minimum atomic E-state index is 0. The van der Waals surface area contributed by atoms with E-state index in [9.17, 15) is 0 Å². The summed E-state index contributed by atoms with van der Waals surface area (Å²) in [4.78, 5) is 0. The molecule has 0 heterocycles. The van der Waals surface area contributed by atoms with Crippen LogP contribution in [0, 0.1) is 6.92 Å². The van der Waals surface area contributed by atoms with Crippen LogP contribution in [0.4, 0.5) is 0 Å². The number of aliphatic hydroxyl groups excluding tert-OH is 1. The van der Waals surface area contributed by atoms with E-state index in [4.69, 9.17) is 5.11 Å². The number of hydrogen-bond donors (Lipinski definition) is 1. The first kappa shape index (κ1) is 40.1. The van der Waals surface area contributed by atoms with Gasteiger partial charge >= 0.3 is 51.4 Å². The van der Waals surface area contributed by atoms with Gasteiger partial charge in [0.25, 0.3) is 0 Å². The summed E-state index contributed by atoms with van der Waals surface area (Å²) >= 11 is 0. The maximum atomic E-state index is 8.64. The van der Waals surface area contributed by atoms with Gasteiger partial charge in [0, 0.05) is 6.61 Å². The Morgan fingerprint density at radius 2 is 0.559 bits per heavy atom. The molecular weight excluding hydrogens is 439 g/mol. The fraction of sp³-hybridized carbons (Fsp3) is 0.969. The summed E-state index contributed by atoms with van der Waals surface area (Å²) < 4.78 is 0. The minimum absolute atomic E-state index is 0. The minimum Gasteiger partial charge on any atom is -0.396 e. The van der Waals surface area contributed by atoms with Crippen LogP contribution in [0.1, 0.15) is 194 Å². The Balaban J connectivity index is -0.000000550. The molecule has 0 radical (unpaired) electrons. The van der Waals surface area contributed by atoms with Gasteiger partial charge in [-0.15, -0.1) is 0 Å². The monoisotopic (exact) mass is 506 g/mol. The van der Waals surface area contributed by atoms with Crippen LogP contribution < -0.4 is 51.4 Å². The van der Waals surface area contributed by atoms with Crippen LogP contribution in [0.15, 0.2) is 0 Å². The molecule has 202 valence electrons. The Morgan fingerprint density at radius 1 is 0.353 bits per heavy atom. The van der Waals surface area contributed by atoms with Gasteiger partial charge in [-0.1, -0.05) is 181 Å². The first-order valence-electron chi connectivity index (χ1n) is 15.7. The zero-order valence-electron chi connectivity index (χ0n) is 24.7. The Kier molecular flexibility index (Phi) is 49.2. The molecule has 0 aromatic carbocycles. The molecule has 34 heavy (non-hydrogen) atoms. The Hall–Kier alpha value is 1.60. The number of hydrogen-bond acceptors (Lipinski definition) is 1. The van der Waals surface area contributed by atoms with Gasteiger partial charge < -0.3 is 12.0 Å². The van der Waals surface area contributed by atoms with E-state index < -0.39 is 0 Å². The van der Waals surface area contributed by atoms with Crippen molar-refractivity contribution in [3.63, 3.8) is 0 Å². The standard InChI is InChI=1S/C16H34O.C16H33.K/c1-2-3-4-5-6-7-8-9-10-11-12-13-14-15-16-17;1-3-5-7-9-11-13-15-16-14-12-10-8-6-4-2;/h17H,2-16H2,1H3;1,3-16H2,2H3;/q;-1;+1. The molecule has 1 nitrogen and oxygen atoms in total. The maximum Gasteiger partial charge on any atom is 1.00 e. The fourth-order valence-electron chi connectivity index (χ4n) is 4.50. The molecule has 0 unspecified atom stereocenters. The predicted octanol–water partition coefficient (Wildman–Crippen LogP) is 8.77. The summed E-state index contributed by atoms with van der Waals surface area (Å²) in [5, 5.41) is 8.64. The topological polar surface area (TPSA) is 20.2 Å². The summed E-state index contributed by atoms with van der Waals surface area (Å²) in [5.41, 5.74) is 0. The van der Waals surface area contributed by atoms with Gasteiger partial charge in [0.1, 0.15) is 0 Å². The van der Waals surface area contributed by atoms with Gasteiger partial charge in [-0.25, -0.2) is 0 Å². The Bertz CT molecular complexity index is 267. The smallest absolute Gasteiger partial charge is 0.396 e. The largest absolute Gasteiger partial charge is 1.00 e. The van der Waals surface area contributed by atoms with E-state index in [1.165, 1.54) is 167 Å². The van der Waals surface area contributed by atoms with E-state index in [1.54, 1.807) is 0 Å². The van der Waals surface area contributed by atoms with Gasteiger partial charge in [0.05, 0.1) is 0 Å². The summed E-state index contributed by atoms with van der Waals surface area (Å²) in [6.07, 6.45) is 39.0. The zero-order chi connectivity index (χ0) is 24.5. The molecule has 2 heteroatoms. The molecule has 0 aromatic heterocycles. The van der Waals surface area contributed by atoms with Crippen molar-refractivity contribution in [1.29, 1.82) is 0 Å². The van der Waals surface area contributed by atoms with Crippen molar-refractivity contribution in [2.45, 2.75) is 194 Å². The number of rotatable bonds is 27. The van der Waals surface area contributed by atoms with E-state index in [0.717, 1.165) is 12.8 Å². The third kappa shape index (κ3) is 43.7. The molecule has 0 spiro atoms. The molecule has 0 aromatic rings. The first-order valence-corrected chi connectivity index (χ1v) is 15.7. The molecule has 0 aliphatic carbocycles. The number of unbranched alkanes of at least 4 members (excludes halogenated alkanes) is 26. The van der Waals surface area contributed by atoms with Gasteiger partial charge in [0.15, 0.2) is 0 Å². The van der Waals surface area contributed by atoms with Crippen LogP contribution >= 0.6 is 0 Å². The fourth-order valence-corrected chi connectivity index (χ4v) is 4.50. The Morgan fingerprint density at radius 3 is 0.765 bits per heavy atom. The molecular formula is C32H67KO. The first-order chi connectivity index (χ1) is 16.3. The molecule has 0 saturated heterocycles. The molecule has 1 N–H and O–H groups in total.